The summed E-state index contributed by atoms with van der Waals surface area (Å²) in [6.45, 7) is 10.8. The third-order valence-corrected chi connectivity index (χ3v) is 11.0. The lowest BCUT2D eigenvalue weighted by Crippen LogP contribution is -2.71. The first-order valence-electron chi connectivity index (χ1n) is 10.6. The third-order valence-electron chi connectivity index (χ3n) is 5.98. The van der Waals surface area contributed by atoms with Crippen molar-refractivity contribution < 1.29 is 18.7 Å². The van der Waals surface area contributed by atoms with E-state index in [1.54, 1.807) is 0 Å². The molecule has 2 aliphatic rings. The van der Waals surface area contributed by atoms with E-state index in [-0.39, 0.29) is 17.0 Å². The molecule has 0 aliphatic carbocycles. The number of carbonyl (C=O) groups excluding carboxylic acids is 1. The summed E-state index contributed by atoms with van der Waals surface area (Å²) < 4.78 is 19.3. The van der Waals surface area contributed by atoms with Crippen LogP contribution in [0.5, 0.6) is 0 Å². The van der Waals surface area contributed by atoms with Gasteiger partial charge in [0.2, 0.25) is 0 Å². The summed E-state index contributed by atoms with van der Waals surface area (Å²) in [5.74, 6) is -0.947. The summed E-state index contributed by atoms with van der Waals surface area (Å²) in [7, 11) is -2.75. The number of carbonyl (C=O) groups is 1. The van der Waals surface area contributed by atoms with Gasteiger partial charge in [-0.2, -0.15) is 0 Å². The van der Waals surface area contributed by atoms with E-state index < -0.39 is 26.3 Å². The van der Waals surface area contributed by atoms with Crippen molar-refractivity contribution in [3.63, 3.8) is 0 Å². The number of nitrogens with one attached hydrogen (secondary N) is 1. The smallest absolute Gasteiger partial charge is 0.261 e. The molecule has 2 fully saturated rings. The molecule has 5 nitrogen and oxygen atoms in total. The molecule has 6 heteroatoms. The lowest BCUT2D eigenvalue weighted by Gasteiger charge is -2.47. The normalized spacial score (nSPS) is 26.2. The molecular formula is C24H31NO4Si. The van der Waals surface area contributed by atoms with Crippen molar-refractivity contribution in [1.29, 1.82) is 0 Å². The van der Waals surface area contributed by atoms with Crippen molar-refractivity contribution in [2.75, 3.05) is 6.54 Å². The molecule has 0 bridgehead atoms. The molecule has 2 heterocycles. The first-order valence-corrected chi connectivity index (χ1v) is 12.5. The minimum Gasteiger partial charge on any atom is -0.400 e. The maximum atomic E-state index is 12.5. The number of piperidine rings is 1. The Morgan fingerprint density at radius 2 is 1.50 bits per heavy atom. The van der Waals surface area contributed by atoms with Crippen molar-refractivity contribution in [2.45, 2.75) is 63.8 Å². The van der Waals surface area contributed by atoms with E-state index in [9.17, 15) is 4.79 Å². The molecule has 2 aromatic carbocycles. The van der Waals surface area contributed by atoms with E-state index in [0.717, 1.165) is 0 Å². The Morgan fingerprint density at radius 1 is 0.967 bits per heavy atom. The van der Waals surface area contributed by atoms with E-state index in [1.165, 1.54) is 10.4 Å². The first kappa shape index (κ1) is 21.2. The van der Waals surface area contributed by atoms with Gasteiger partial charge in [0.1, 0.15) is 6.10 Å². The molecule has 30 heavy (non-hydrogen) atoms. The van der Waals surface area contributed by atoms with Crippen molar-refractivity contribution in [1.82, 2.24) is 5.32 Å². The molecule has 2 aliphatic heterocycles. The first-order chi connectivity index (χ1) is 14.1. The maximum absolute atomic E-state index is 12.5. The van der Waals surface area contributed by atoms with Gasteiger partial charge in [0.15, 0.2) is 11.9 Å². The lowest BCUT2D eigenvalue weighted by molar-refractivity contribution is -0.156. The zero-order valence-corrected chi connectivity index (χ0v) is 19.3. The van der Waals surface area contributed by atoms with Gasteiger partial charge in [0.05, 0.1) is 6.10 Å². The summed E-state index contributed by atoms with van der Waals surface area (Å²) in [4.78, 5) is 12.5. The summed E-state index contributed by atoms with van der Waals surface area (Å²) in [6, 6.07) is 21.0. The van der Waals surface area contributed by atoms with Crippen molar-refractivity contribution in [2.24, 2.45) is 0 Å². The van der Waals surface area contributed by atoms with Crippen LogP contribution >= 0.6 is 0 Å². The zero-order chi connectivity index (χ0) is 21.6. The zero-order valence-electron chi connectivity index (χ0n) is 18.3. The van der Waals surface area contributed by atoms with Gasteiger partial charge >= 0.3 is 0 Å². The van der Waals surface area contributed by atoms with Gasteiger partial charge in [0.25, 0.3) is 14.2 Å². The predicted octanol–water partition coefficient (Wildman–Crippen LogP) is 2.58. The quantitative estimate of drug-likeness (QED) is 0.765. The number of hydrogen-bond donors (Lipinski definition) is 1. The Morgan fingerprint density at radius 3 is 2.00 bits per heavy atom. The van der Waals surface area contributed by atoms with E-state index in [4.69, 9.17) is 13.9 Å². The molecule has 0 saturated carbocycles. The number of rotatable bonds is 4. The molecule has 4 rings (SSSR count). The van der Waals surface area contributed by atoms with Crippen LogP contribution in [0.4, 0.5) is 0 Å². The molecule has 160 valence electrons. The Hall–Kier alpha value is -1.99. The highest BCUT2D eigenvalue weighted by Crippen LogP contribution is 2.40. The molecule has 1 amide bonds. The molecule has 2 saturated heterocycles. The van der Waals surface area contributed by atoms with Crippen LogP contribution in [-0.2, 0) is 18.7 Å². The number of benzene rings is 2. The monoisotopic (exact) mass is 425 g/mol. The minimum absolute atomic E-state index is 0.132. The Balaban J connectivity index is 1.82. The van der Waals surface area contributed by atoms with Crippen LogP contribution in [0, 0.1) is 0 Å². The average Bonchev–Trinajstić information content (AvgIpc) is 3.04. The van der Waals surface area contributed by atoms with Crippen LogP contribution in [0.25, 0.3) is 0 Å². The molecule has 0 unspecified atom stereocenters. The van der Waals surface area contributed by atoms with Crippen LogP contribution in [0.3, 0.4) is 0 Å². The molecule has 0 radical (unpaired) electrons. The third kappa shape index (κ3) is 3.62. The predicted molar refractivity (Wildman–Crippen MR) is 119 cm³/mol. The average molecular weight is 426 g/mol. The fourth-order valence-corrected chi connectivity index (χ4v) is 9.40. The van der Waals surface area contributed by atoms with Crippen molar-refractivity contribution in [3.8, 4) is 0 Å². The topological polar surface area (TPSA) is 56.8 Å². The van der Waals surface area contributed by atoms with E-state index in [2.05, 4.69) is 74.6 Å². The second-order valence-electron chi connectivity index (χ2n) is 9.59. The summed E-state index contributed by atoms with van der Waals surface area (Å²) in [6.07, 6.45) is -1.40. The molecular weight excluding hydrogens is 394 g/mol. The fraction of sp³-hybridized carbons (Fsp3) is 0.458. The van der Waals surface area contributed by atoms with Gasteiger partial charge in [0, 0.05) is 6.54 Å². The largest absolute Gasteiger partial charge is 0.400 e. The maximum Gasteiger partial charge on any atom is 0.261 e. The number of fused-ring (bicyclic) bond motifs is 1. The van der Waals surface area contributed by atoms with Crippen LogP contribution < -0.4 is 15.7 Å². The second kappa shape index (κ2) is 7.61. The number of ether oxygens (including phenoxy) is 2. The van der Waals surface area contributed by atoms with E-state index in [0.29, 0.717) is 6.54 Å². The van der Waals surface area contributed by atoms with Gasteiger partial charge in [-0.25, -0.2) is 0 Å². The minimum atomic E-state index is -2.75. The summed E-state index contributed by atoms with van der Waals surface area (Å²) in [5.41, 5.74) is 0. The van der Waals surface area contributed by atoms with Crippen molar-refractivity contribution in [3.05, 3.63) is 60.7 Å². The second-order valence-corrected chi connectivity index (χ2v) is 13.8. The van der Waals surface area contributed by atoms with Gasteiger partial charge in [-0.05, 0) is 29.3 Å². The van der Waals surface area contributed by atoms with E-state index in [1.807, 2.05) is 26.0 Å². The number of amides is 1. The van der Waals surface area contributed by atoms with Crippen LogP contribution in [0.15, 0.2) is 60.7 Å². The molecule has 0 aromatic heterocycles. The SMILES string of the molecule is CC1(C)O[C@@H]2[C@H](O[Si](c3ccccc3)(c3ccccc3)C(C)(C)C)CNC(=O)[C@@H]2O1. The van der Waals surface area contributed by atoms with Gasteiger partial charge in [-0.1, -0.05) is 81.4 Å². The number of hydrogen-bond acceptors (Lipinski definition) is 4. The fourth-order valence-electron chi connectivity index (χ4n) is 4.71. The standard InChI is InChI=1S/C24H31NO4Si/c1-23(2,3)30(17-12-8-6-9-13-17,18-14-10-7-11-15-18)29-19-16-25-22(26)21-20(19)27-24(4,5)28-21/h6-15,19-21H,16H2,1-5H3,(H,25,26)/t19-,20-,21-/m1/s1. The highest BCUT2D eigenvalue weighted by Gasteiger charge is 2.57. The van der Waals surface area contributed by atoms with Crippen LogP contribution in [0.1, 0.15) is 34.6 Å². The highest BCUT2D eigenvalue weighted by molar-refractivity contribution is 6.99. The molecule has 0 spiro atoms. The Kier molecular flexibility index (Phi) is 5.39. The van der Waals surface area contributed by atoms with Gasteiger partial charge < -0.3 is 19.2 Å². The highest BCUT2D eigenvalue weighted by atomic mass is 28.4. The van der Waals surface area contributed by atoms with Gasteiger partial charge in [-0.15, -0.1) is 0 Å². The van der Waals surface area contributed by atoms with Crippen LogP contribution in [0.2, 0.25) is 5.04 Å². The Labute approximate surface area is 179 Å². The summed E-state index contributed by atoms with van der Waals surface area (Å²) >= 11 is 0. The lowest BCUT2D eigenvalue weighted by atomic mass is 10.0. The Bertz CT molecular complexity index is 855. The van der Waals surface area contributed by atoms with Crippen molar-refractivity contribution >= 4 is 24.6 Å². The molecule has 1 N–H and O–H groups in total. The molecule has 3 atom stereocenters. The van der Waals surface area contributed by atoms with Gasteiger partial charge in [-0.3, -0.25) is 4.79 Å². The summed E-state index contributed by atoms with van der Waals surface area (Å²) in [5, 5.41) is 5.23. The van der Waals surface area contributed by atoms with Crippen LogP contribution in [-0.4, -0.2) is 44.9 Å². The molecule has 2 aromatic rings. The van der Waals surface area contributed by atoms with E-state index >= 15 is 0 Å².